The van der Waals surface area contributed by atoms with Gasteiger partial charge in [-0.25, -0.2) is 4.99 Å². The van der Waals surface area contributed by atoms with Crippen LogP contribution in [0.3, 0.4) is 0 Å². The lowest BCUT2D eigenvalue weighted by Crippen LogP contribution is -2.48. The Balaban J connectivity index is 1.44. The summed E-state index contributed by atoms with van der Waals surface area (Å²) >= 11 is 0. The lowest BCUT2D eigenvalue weighted by atomic mass is 9.53. The number of nitrogens with zero attached hydrogens (tertiary/aromatic N) is 4. The molecule has 4 heterocycles. The van der Waals surface area contributed by atoms with E-state index < -0.39 is 23.6 Å². The highest BCUT2D eigenvalue weighted by Gasteiger charge is 2.48. The molecule has 0 saturated carbocycles. The largest absolute Gasteiger partial charge is 0.391 e. The Morgan fingerprint density at radius 3 is 2.60 bits per heavy atom. The van der Waals surface area contributed by atoms with Gasteiger partial charge in [0, 0.05) is 39.4 Å². The maximum Gasteiger partial charge on any atom is 0.257 e. The summed E-state index contributed by atoms with van der Waals surface area (Å²) in [7, 11) is 8.56. The van der Waals surface area contributed by atoms with Gasteiger partial charge in [-0.3, -0.25) is 14.4 Å². The molecule has 1 fully saturated rings. The van der Waals surface area contributed by atoms with Gasteiger partial charge in [-0.2, -0.15) is 0 Å². The first-order valence-electron chi connectivity index (χ1n) is 13.2. The van der Waals surface area contributed by atoms with Crippen molar-refractivity contribution < 1.29 is 19.2 Å². The lowest BCUT2D eigenvalue weighted by Gasteiger charge is -2.29. The molecule has 5 rings (SSSR count). The van der Waals surface area contributed by atoms with E-state index in [1.807, 2.05) is 44.2 Å². The molecule has 2 unspecified atom stereocenters. The molecule has 12 heteroatoms. The van der Waals surface area contributed by atoms with Gasteiger partial charge in [-0.1, -0.05) is 49.3 Å². The normalized spacial score (nSPS) is 23.3. The average molecular weight is 538 g/mol. The summed E-state index contributed by atoms with van der Waals surface area (Å²) in [6, 6.07) is 13.4. The number of aromatic nitrogens is 2. The van der Waals surface area contributed by atoms with Gasteiger partial charge in [-0.05, 0) is 36.1 Å². The van der Waals surface area contributed by atoms with Crippen molar-refractivity contribution in [1.29, 1.82) is 0 Å². The van der Waals surface area contributed by atoms with Gasteiger partial charge in [0.15, 0.2) is 5.54 Å². The van der Waals surface area contributed by atoms with Gasteiger partial charge in [0.05, 0.1) is 17.8 Å². The molecule has 10 nitrogen and oxygen atoms in total. The molecule has 203 valence electrons. The highest BCUT2D eigenvalue weighted by atomic mass is 16.5. The molecule has 0 bridgehead atoms. The maximum atomic E-state index is 13.8. The van der Waals surface area contributed by atoms with E-state index >= 15 is 0 Å². The summed E-state index contributed by atoms with van der Waals surface area (Å²) in [5.74, 6) is -0.635. The topological polar surface area (TPSA) is 130 Å². The molecule has 0 aliphatic carbocycles. The lowest BCUT2D eigenvalue weighted by molar-refractivity contribution is -0.134. The van der Waals surface area contributed by atoms with Crippen LogP contribution in [0.25, 0.3) is 11.3 Å². The number of β-amino-alcohol motifs (C(OH)–C–C–N with tert-alkyl or cyclic N) is 1. The van der Waals surface area contributed by atoms with E-state index in [0.29, 0.717) is 22.8 Å². The van der Waals surface area contributed by atoms with Crippen LogP contribution in [-0.4, -0.2) is 71.0 Å². The number of amides is 2. The Bertz CT molecular complexity index is 1530. The molecule has 2 aromatic heterocycles. The third-order valence-corrected chi connectivity index (χ3v) is 7.79. The molecule has 0 spiro atoms. The summed E-state index contributed by atoms with van der Waals surface area (Å²) in [5, 5.41) is 17.3. The molecule has 1 saturated heterocycles. The second-order valence-corrected chi connectivity index (χ2v) is 10.8. The fraction of sp³-hybridized carbons (Fsp3) is 0.393. The summed E-state index contributed by atoms with van der Waals surface area (Å²) in [6.07, 6.45) is -0.530. The van der Waals surface area contributed by atoms with Crippen LogP contribution < -0.4 is 16.5 Å². The number of aliphatic hydroxyl groups is 1. The van der Waals surface area contributed by atoms with Crippen molar-refractivity contribution in [1.82, 2.24) is 19.9 Å². The van der Waals surface area contributed by atoms with Gasteiger partial charge in [0.2, 0.25) is 5.91 Å². The number of pyridine rings is 1. The predicted molar refractivity (Wildman–Crippen MR) is 151 cm³/mol. The number of hydrogen-bond donors (Lipinski definition) is 2. The Morgan fingerprint density at radius 2 is 1.95 bits per heavy atom. The summed E-state index contributed by atoms with van der Waals surface area (Å²) in [6.45, 7) is 5.63. The van der Waals surface area contributed by atoms with Crippen LogP contribution in [-0.2, 0) is 22.2 Å². The van der Waals surface area contributed by atoms with Crippen molar-refractivity contribution in [3.05, 3.63) is 70.2 Å². The second-order valence-electron chi connectivity index (χ2n) is 10.8. The van der Waals surface area contributed by atoms with Gasteiger partial charge in [-0.15, -0.1) is 0 Å². The number of hydrogen-bond acceptors (Lipinski definition) is 7. The first-order chi connectivity index (χ1) is 19.0. The van der Waals surface area contributed by atoms with E-state index in [2.05, 4.69) is 10.5 Å². The van der Waals surface area contributed by atoms with Crippen molar-refractivity contribution in [3.8, 4) is 11.3 Å². The van der Waals surface area contributed by atoms with Crippen LogP contribution in [0.4, 0.5) is 0 Å². The van der Waals surface area contributed by atoms with Crippen molar-refractivity contribution in [3.63, 3.8) is 0 Å². The Kier molecular flexibility index (Phi) is 7.31. The van der Waals surface area contributed by atoms with Crippen LogP contribution in [0.5, 0.6) is 0 Å². The van der Waals surface area contributed by atoms with E-state index in [4.69, 9.17) is 17.3 Å². The fourth-order valence-electron chi connectivity index (χ4n) is 5.49. The Morgan fingerprint density at radius 1 is 1.23 bits per heavy atom. The number of carbonyl (C=O) groups excluding carboxylic acids is 2. The number of carbonyl (C=O) groups is 2. The number of benzene rings is 1. The van der Waals surface area contributed by atoms with Crippen molar-refractivity contribution in [2.75, 3.05) is 6.54 Å². The average Bonchev–Trinajstić information content (AvgIpc) is 3.63. The van der Waals surface area contributed by atoms with Crippen LogP contribution in [0.1, 0.15) is 44.4 Å². The van der Waals surface area contributed by atoms with Gasteiger partial charge in [0.25, 0.3) is 11.5 Å². The molecule has 3 aromatic rings. The molecule has 1 aromatic carbocycles. The van der Waals surface area contributed by atoms with E-state index in [0.717, 1.165) is 11.3 Å². The Labute approximate surface area is 234 Å². The van der Waals surface area contributed by atoms with E-state index in [-0.39, 0.29) is 36.3 Å². The van der Waals surface area contributed by atoms with Crippen molar-refractivity contribution >= 4 is 38.2 Å². The number of aliphatic imine (C=N–C) groups is 1. The second kappa shape index (κ2) is 10.6. The summed E-state index contributed by atoms with van der Waals surface area (Å²) < 4.78 is 6.98. The monoisotopic (exact) mass is 538 g/mol. The van der Waals surface area contributed by atoms with E-state index in [1.165, 1.54) is 13.2 Å². The summed E-state index contributed by atoms with van der Waals surface area (Å²) in [4.78, 5) is 45.5. The molecule has 40 heavy (non-hydrogen) atoms. The quantitative estimate of drug-likeness (QED) is 0.424. The minimum atomic E-state index is -1.23. The Hall–Kier alpha value is -3.92. The number of likely N-dealkylation sites (tertiary alicyclic amines) is 1. The molecule has 2 aliphatic heterocycles. The molecule has 3 radical (unpaired) electrons. The molecule has 2 aliphatic rings. The molecule has 2 amide bonds. The zero-order chi connectivity index (χ0) is 28.8. The third-order valence-electron chi connectivity index (χ3n) is 7.79. The minimum absolute atomic E-state index is 0.104. The molecule has 2 N–H and O–H groups in total. The van der Waals surface area contributed by atoms with Crippen LogP contribution in [0.2, 0.25) is 0 Å². The fourth-order valence-corrected chi connectivity index (χ4v) is 5.49. The maximum absolute atomic E-state index is 13.8. The number of nitrogens with one attached hydrogen (secondary N) is 1. The third kappa shape index (κ3) is 4.81. The number of rotatable bonds is 7. The first kappa shape index (κ1) is 27.6. The predicted octanol–water partition coefficient (Wildman–Crippen LogP) is 0.598. The number of aliphatic hydroxyl groups excluding tert-OH is 1. The molecular formula is C28H30B2N5O5. The van der Waals surface area contributed by atoms with E-state index in [9.17, 15) is 19.5 Å². The van der Waals surface area contributed by atoms with Crippen LogP contribution in [0, 0.1) is 5.92 Å². The van der Waals surface area contributed by atoms with Gasteiger partial charge in [0.1, 0.15) is 24.7 Å². The van der Waals surface area contributed by atoms with Gasteiger partial charge >= 0.3 is 0 Å². The minimum Gasteiger partial charge on any atom is -0.391 e. The van der Waals surface area contributed by atoms with Gasteiger partial charge < -0.3 is 24.4 Å². The highest BCUT2D eigenvalue weighted by Crippen LogP contribution is 2.35. The van der Waals surface area contributed by atoms with Crippen LogP contribution in [0.15, 0.2) is 62.8 Å². The smallest absolute Gasteiger partial charge is 0.257 e. The number of amidine groups is 1. The molecular weight excluding hydrogens is 508 g/mol. The summed E-state index contributed by atoms with van der Waals surface area (Å²) in [5.41, 5.74) is 1.32. The van der Waals surface area contributed by atoms with Crippen molar-refractivity contribution in [2.24, 2.45) is 18.0 Å². The van der Waals surface area contributed by atoms with E-state index in [1.54, 1.807) is 35.6 Å². The first-order valence-corrected chi connectivity index (χ1v) is 13.2. The SMILES string of the molecule is [B][B]c1cc(C(C(=O)N2C[C@H](O)CC2C2=N[C@@](C)(c3ccc(-c4cccc(=O)n4C)cc3)C(=O)N2)C(C)C)on1. The molecule has 4 atom stereocenters. The highest BCUT2D eigenvalue weighted by molar-refractivity contribution is 6.97. The van der Waals surface area contributed by atoms with Crippen LogP contribution >= 0.6 is 0 Å². The zero-order valence-corrected chi connectivity index (χ0v) is 22.9. The standard InChI is InChI=1S/C28H30B2N5O5/c1-15(2)24(21-13-22(30-29)33-40-21)26(38)35-14-18(36)12-20(35)25-31-27(39)28(3,32-25)17-10-8-16(9-11-17)19-6-5-7-23(37)34(19)4/h5-11,13,15,18,20,24,36H,12,14H2,1-4H3,(H,31,32,39)/t18-,20?,24?,28+/m1/s1. The zero-order valence-electron chi connectivity index (χ0n) is 22.9. The van der Waals surface area contributed by atoms with Crippen molar-refractivity contribution in [2.45, 2.75) is 50.8 Å².